The molecule has 1 fully saturated rings. The van der Waals surface area contributed by atoms with E-state index in [1.54, 1.807) is 6.07 Å². The van der Waals surface area contributed by atoms with Crippen LogP contribution in [0, 0.1) is 11.6 Å². The van der Waals surface area contributed by atoms with Gasteiger partial charge in [0.2, 0.25) is 6.79 Å². The second-order valence-electron chi connectivity index (χ2n) is 7.33. The van der Waals surface area contributed by atoms with Gasteiger partial charge in [-0.25, -0.2) is 13.8 Å². The van der Waals surface area contributed by atoms with Crippen LogP contribution in [0.25, 0.3) is 0 Å². The van der Waals surface area contributed by atoms with E-state index in [2.05, 4.69) is 4.98 Å². The van der Waals surface area contributed by atoms with Crippen molar-refractivity contribution in [1.82, 2.24) is 9.88 Å². The molecule has 0 unspecified atom stereocenters. The number of hydrogen-bond donors (Lipinski definition) is 0. The van der Waals surface area contributed by atoms with E-state index in [1.165, 1.54) is 4.90 Å². The summed E-state index contributed by atoms with van der Waals surface area (Å²) in [7, 11) is 0. The van der Waals surface area contributed by atoms with Crippen LogP contribution in [-0.4, -0.2) is 35.7 Å². The quantitative estimate of drug-likeness (QED) is 0.635. The summed E-state index contributed by atoms with van der Waals surface area (Å²) in [6.45, 7) is 0.541. The van der Waals surface area contributed by atoms with Crippen LogP contribution in [-0.2, 0) is 4.74 Å². The molecule has 8 heteroatoms. The Labute approximate surface area is 177 Å². The average Bonchev–Trinajstić information content (AvgIpc) is 3.27. The van der Waals surface area contributed by atoms with E-state index < -0.39 is 35.4 Å². The first-order chi connectivity index (χ1) is 15.1. The summed E-state index contributed by atoms with van der Waals surface area (Å²) in [6, 6.07) is 15.6. The van der Waals surface area contributed by atoms with Crippen LogP contribution in [0.2, 0.25) is 0 Å². The first-order valence-electron chi connectivity index (χ1n) is 9.79. The minimum absolute atomic E-state index is 0.150. The topological polar surface area (TPSA) is 60.9 Å². The number of carbonyl (C=O) groups excluding carboxylic acids is 1. The van der Waals surface area contributed by atoms with Crippen molar-refractivity contribution in [3.63, 3.8) is 0 Å². The number of carbonyl (C=O) groups is 1. The molecule has 2 atom stereocenters. The van der Waals surface area contributed by atoms with E-state index in [-0.39, 0.29) is 19.9 Å². The zero-order chi connectivity index (χ0) is 21.4. The molecular formula is C23H18F2N2O4. The predicted octanol–water partition coefficient (Wildman–Crippen LogP) is 4.04. The first kappa shape index (κ1) is 19.4. The molecule has 2 aliphatic rings. The van der Waals surface area contributed by atoms with Gasteiger partial charge in [-0.3, -0.25) is 4.79 Å². The van der Waals surface area contributed by atoms with Gasteiger partial charge in [0.15, 0.2) is 23.0 Å². The summed E-state index contributed by atoms with van der Waals surface area (Å²) in [4.78, 5) is 18.2. The Balaban J connectivity index is 1.48. The summed E-state index contributed by atoms with van der Waals surface area (Å²) in [5.41, 5.74) is 1.27. The molecule has 6 nitrogen and oxygen atoms in total. The highest BCUT2D eigenvalue weighted by Crippen LogP contribution is 2.39. The molecule has 0 bridgehead atoms. The highest BCUT2D eigenvalue weighted by atomic mass is 19.1. The number of fused-ring (bicyclic) bond motifs is 1. The van der Waals surface area contributed by atoms with Crippen LogP contribution < -0.4 is 9.47 Å². The van der Waals surface area contributed by atoms with Crippen LogP contribution >= 0.6 is 0 Å². The number of halogens is 2. The molecule has 1 aromatic heterocycles. The van der Waals surface area contributed by atoms with E-state index in [1.807, 2.05) is 42.5 Å². The van der Waals surface area contributed by atoms with Crippen molar-refractivity contribution in [2.75, 3.05) is 19.9 Å². The molecule has 1 saturated heterocycles. The number of rotatable bonds is 3. The van der Waals surface area contributed by atoms with E-state index >= 15 is 0 Å². The van der Waals surface area contributed by atoms with Gasteiger partial charge in [-0.05, 0) is 23.3 Å². The number of ether oxygens (including phenoxy) is 3. The second kappa shape index (κ2) is 7.96. The average molecular weight is 424 g/mol. The van der Waals surface area contributed by atoms with Crippen molar-refractivity contribution in [1.29, 1.82) is 0 Å². The second-order valence-corrected chi connectivity index (χ2v) is 7.33. The van der Waals surface area contributed by atoms with Gasteiger partial charge < -0.3 is 19.1 Å². The van der Waals surface area contributed by atoms with Crippen molar-refractivity contribution in [2.24, 2.45) is 0 Å². The van der Waals surface area contributed by atoms with E-state index in [0.717, 1.165) is 17.3 Å². The van der Waals surface area contributed by atoms with E-state index in [9.17, 15) is 13.6 Å². The van der Waals surface area contributed by atoms with Gasteiger partial charge in [0.25, 0.3) is 5.91 Å². The smallest absolute Gasteiger partial charge is 0.275 e. The van der Waals surface area contributed by atoms with Crippen molar-refractivity contribution >= 4 is 5.91 Å². The number of nitrogens with zero attached hydrogens (tertiary/aromatic N) is 2. The third-order valence-corrected chi connectivity index (χ3v) is 5.34. The number of pyridine rings is 1. The summed E-state index contributed by atoms with van der Waals surface area (Å²) in [5, 5.41) is 0. The maximum Gasteiger partial charge on any atom is 0.275 e. The van der Waals surface area contributed by atoms with Gasteiger partial charge >= 0.3 is 0 Å². The van der Waals surface area contributed by atoms with Crippen molar-refractivity contribution < 1.29 is 27.8 Å². The Morgan fingerprint density at radius 2 is 1.68 bits per heavy atom. The van der Waals surface area contributed by atoms with Crippen LogP contribution in [0.1, 0.15) is 33.8 Å². The van der Waals surface area contributed by atoms with Gasteiger partial charge in [-0.1, -0.05) is 36.4 Å². The largest absolute Gasteiger partial charge is 0.454 e. The lowest BCUT2D eigenvalue weighted by molar-refractivity contribution is -0.0799. The summed E-state index contributed by atoms with van der Waals surface area (Å²) in [6.07, 6.45) is -0.0837. The van der Waals surface area contributed by atoms with Gasteiger partial charge in [-0.15, -0.1) is 0 Å². The lowest BCUT2D eigenvalue weighted by Gasteiger charge is -2.38. The third kappa shape index (κ3) is 3.82. The standard InChI is InChI=1S/C23H18F2N2O4/c24-16-9-17(25)22(26-10-16)23(28)27-11-20(14-4-2-1-3-5-14)31-21(12-27)15-6-7-18-19(8-15)30-13-29-18/h1-10,20-21H,11-13H2/t20-,21+/m0/s1. The Kier molecular flexibility index (Phi) is 4.99. The van der Waals surface area contributed by atoms with Crippen LogP contribution in [0.3, 0.4) is 0 Å². The fourth-order valence-electron chi connectivity index (χ4n) is 3.80. The van der Waals surface area contributed by atoms with Crippen LogP contribution in [0.4, 0.5) is 8.78 Å². The minimum Gasteiger partial charge on any atom is -0.454 e. The molecule has 3 heterocycles. The zero-order valence-electron chi connectivity index (χ0n) is 16.3. The van der Waals surface area contributed by atoms with Gasteiger partial charge in [0.05, 0.1) is 19.3 Å². The summed E-state index contributed by atoms with van der Waals surface area (Å²) < 4.78 is 44.6. The predicted molar refractivity (Wildman–Crippen MR) is 106 cm³/mol. The normalized spacial score (nSPS) is 20.0. The van der Waals surface area contributed by atoms with E-state index in [4.69, 9.17) is 14.2 Å². The lowest BCUT2D eigenvalue weighted by atomic mass is 10.0. The fourth-order valence-corrected chi connectivity index (χ4v) is 3.80. The number of morpholine rings is 1. The highest BCUT2D eigenvalue weighted by Gasteiger charge is 2.34. The number of amides is 1. The Bertz CT molecular complexity index is 1130. The molecule has 31 heavy (non-hydrogen) atoms. The number of benzene rings is 2. The van der Waals surface area contributed by atoms with Crippen LogP contribution in [0.5, 0.6) is 11.5 Å². The first-order valence-corrected chi connectivity index (χ1v) is 9.79. The maximum absolute atomic E-state index is 14.2. The maximum atomic E-state index is 14.2. The van der Waals surface area contributed by atoms with Crippen LogP contribution in [0.15, 0.2) is 60.8 Å². The van der Waals surface area contributed by atoms with Crippen molar-refractivity contribution in [3.05, 3.63) is 89.2 Å². The molecule has 1 amide bonds. The molecule has 5 rings (SSSR count). The molecule has 2 aliphatic heterocycles. The monoisotopic (exact) mass is 424 g/mol. The van der Waals surface area contributed by atoms with E-state index in [0.29, 0.717) is 17.6 Å². The fraction of sp³-hybridized carbons (Fsp3) is 0.217. The molecule has 0 spiro atoms. The molecule has 158 valence electrons. The Hall–Kier alpha value is -3.52. The summed E-state index contributed by atoms with van der Waals surface area (Å²) in [5.74, 6) is -1.20. The Morgan fingerprint density at radius 3 is 2.45 bits per heavy atom. The zero-order valence-corrected chi connectivity index (χ0v) is 16.3. The van der Waals surface area contributed by atoms with Gasteiger partial charge in [0.1, 0.15) is 18.0 Å². The van der Waals surface area contributed by atoms with Crippen molar-refractivity contribution in [3.8, 4) is 11.5 Å². The highest BCUT2D eigenvalue weighted by molar-refractivity contribution is 5.92. The van der Waals surface area contributed by atoms with Gasteiger partial charge in [-0.2, -0.15) is 0 Å². The molecular weight excluding hydrogens is 406 g/mol. The van der Waals surface area contributed by atoms with Crippen molar-refractivity contribution in [2.45, 2.75) is 12.2 Å². The molecule has 0 radical (unpaired) electrons. The molecule has 0 aliphatic carbocycles. The summed E-state index contributed by atoms with van der Waals surface area (Å²) >= 11 is 0. The molecule has 0 N–H and O–H groups in total. The SMILES string of the molecule is O=C(c1ncc(F)cc1F)N1C[C@@H](c2ccccc2)O[C@@H](c2ccc3c(c2)OCO3)C1. The number of aromatic nitrogens is 1. The minimum atomic E-state index is -0.993. The third-order valence-electron chi connectivity index (χ3n) is 5.34. The molecule has 2 aromatic carbocycles. The molecule has 3 aromatic rings. The lowest BCUT2D eigenvalue weighted by Crippen LogP contribution is -2.44. The molecule has 0 saturated carbocycles. The van der Waals surface area contributed by atoms with Gasteiger partial charge in [0, 0.05) is 6.07 Å². The number of hydrogen-bond acceptors (Lipinski definition) is 5. The Morgan fingerprint density at radius 1 is 0.935 bits per heavy atom.